The fraction of sp³-hybridized carbons (Fsp3) is 0.850. The van der Waals surface area contributed by atoms with Crippen LogP contribution in [0.25, 0.3) is 0 Å². The molecule has 26 heavy (non-hydrogen) atoms. The van der Waals surface area contributed by atoms with Gasteiger partial charge in [-0.3, -0.25) is 14.5 Å². The molecule has 0 amide bonds. The Kier molecular flexibility index (Phi) is 7.09. The fourth-order valence-corrected chi connectivity index (χ4v) is 4.62. The molecule has 3 atom stereocenters. The average Bonchev–Trinajstić information content (AvgIpc) is 3.08. The first-order chi connectivity index (χ1) is 12.6. The monoisotopic (exact) mass is 363 g/mol. The molecule has 0 aromatic carbocycles. The van der Waals surface area contributed by atoms with E-state index in [0.29, 0.717) is 18.0 Å². The summed E-state index contributed by atoms with van der Waals surface area (Å²) in [6, 6.07) is 1.07. The molecule has 6 heteroatoms. The number of likely N-dealkylation sites (tertiary alicyclic amines) is 1. The zero-order valence-corrected chi connectivity index (χ0v) is 17.1. The molecule has 3 rings (SSSR count). The summed E-state index contributed by atoms with van der Waals surface area (Å²) in [5, 5.41) is 4.44. The first-order valence-electron chi connectivity index (χ1n) is 10.3. The maximum Gasteiger partial charge on any atom is 0.0594 e. The molecule has 0 spiro atoms. The Morgan fingerprint density at radius 2 is 2.08 bits per heavy atom. The van der Waals surface area contributed by atoms with Crippen LogP contribution in [0.15, 0.2) is 12.4 Å². The van der Waals surface area contributed by atoms with Crippen molar-refractivity contribution < 1.29 is 4.74 Å². The van der Waals surface area contributed by atoms with E-state index in [-0.39, 0.29) is 0 Å². The number of morpholine rings is 1. The zero-order valence-electron chi connectivity index (χ0n) is 17.1. The Morgan fingerprint density at radius 1 is 1.31 bits per heavy atom. The number of aryl methyl sites for hydroxylation is 1. The van der Waals surface area contributed by atoms with Crippen LogP contribution in [0, 0.1) is 5.92 Å². The minimum absolute atomic E-state index is 0.500. The third-order valence-electron chi connectivity index (χ3n) is 6.23. The predicted molar refractivity (Wildman–Crippen MR) is 105 cm³/mol. The first kappa shape index (κ1) is 19.8. The summed E-state index contributed by atoms with van der Waals surface area (Å²) in [4.78, 5) is 7.76. The Morgan fingerprint density at radius 3 is 2.73 bits per heavy atom. The van der Waals surface area contributed by atoms with Gasteiger partial charge in [0.25, 0.3) is 0 Å². The lowest BCUT2D eigenvalue weighted by Gasteiger charge is -2.43. The predicted octanol–water partition coefficient (Wildman–Crippen LogP) is 1.85. The average molecular weight is 364 g/mol. The normalized spacial score (nSPS) is 27.1. The summed E-state index contributed by atoms with van der Waals surface area (Å²) in [5.41, 5.74) is 1.38. The minimum atomic E-state index is 0.500. The first-order valence-corrected chi connectivity index (χ1v) is 10.3. The van der Waals surface area contributed by atoms with Crippen molar-refractivity contribution in [2.45, 2.75) is 38.8 Å². The van der Waals surface area contributed by atoms with Gasteiger partial charge < -0.3 is 9.64 Å². The molecule has 0 saturated carbocycles. The van der Waals surface area contributed by atoms with Crippen LogP contribution in [0.4, 0.5) is 0 Å². The Bertz CT molecular complexity index is 542. The molecule has 0 bridgehead atoms. The number of nitrogens with zero attached hydrogens (tertiary/aromatic N) is 5. The molecule has 1 aromatic heterocycles. The van der Waals surface area contributed by atoms with E-state index >= 15 is 0 Å². The van der Waals surface area contributed by atoms with E-state index in [1.54, 1.807) is 0 Å². The van der Waals surface area contributed by atoms with Crippen LogP contribution < -0.4 is 0 Å². The van der Waals surface area contributed by atoms with Crippen molar-refractivity contribution in [2.24, 2.45) is 13.0 Å². The topological polar surface area (TPSA) is 36.8 Å². The van der Waals surface area contributed by atoms with Crippen LogP contribution in [0.2, 0.25) is 0 Å². The second-order valence-electron chi connectivity index (χ2n) is 8.12. The lowest BCUT2D eigenvalue weighted by molar-refractivity contribution is 0.0202. The SMILES string of the molecule is CCN1CCC[C@@H](CN(C)[C@@H](C)CN2CCOCC2)[C@@H]1c1cnn(C)c1. The van der Waals surface area contributed by atoms with Crippen molar-refractivity contribution in [3.63, 3.8) is 0 Å². The van der Waals surface area contributed by atoms with Gasteiger partial charge in [-0.2, -0.15) is 5.10 Å². The van der Waals surface area contributed by atoms with Gasteiger partial charge in [-0.15, -0.1) is 0 Å². The van der Waals surface area contributed by atoms with Crippen molar-refractivity contribution >= 4 is 0 Å². The number of aromatic nitrogens is 2. The van der Waals surface area contributed by atoms with E-state index in [1.165, 1.54) is 24.9 Å². The number of piperidine rings is 1. The minimum Gasteiger partial charge on any atom is -0.379 e. The molecule has 2 aliphatic heterocycles. The third-order valence-corrected chi connectivity index (χ3v) is 6.23. The lowest BCUT2D eigenvalue weighted by atomic mass is 9.85. The van der Waals surface area contributed by atoms with Crippen LogP contribution in [0.3, 0.4) is 0 Å². The van der Waals surface area contributed by atoms with Gasteiger partial charge in [-0.25, -0.2) is 0 Å². The van der Waals surface area contributed by atoms with Gasteiger partial charge >= 0.3 is 0 Å². The van der Waals surface area contributed by atoms with E-state index in [2.05, 4.69) is 53.1 Å². The molecule has 3 heterocycles. The number of rotatable bonds is 7. The second-order valence-corrected chi connectivity index (χ2v) is 8.12. The van der Waals surface area contributed by atoms with E-state index in [1.807, 2.05) is 11.7 Å². The molecule has 0 unspecified atom stereocenters. The van der Waals surface area contributed by atoms with Gasteiger partial charge in [-0.1, -0.05) is 6.92 Å². The van der Waals surface area contributed by atoms with Crippen LogP contribution in [-0.4, -0.2) is 90.1 Å². The Balaban J connectivity index is 1.63. The smallest absolute Gasteiger partial charge is 0.0594 e. The number of hydrogen-bond donors (Lipinski definition) is 0. The summed E-state index contributed by atoms with van der Waals surface area (Å²) in [6.07, 6.45) is 6.90. The fourth-order valence-electron chi connectivity index (χ4n) is 4.62. The van der Waals surface area contributed by atoms with Crippen LogP contribution in [0.1, 0.15) is 38.3 Å². The van der Waals surface area contributed by atoms with E-state index in [9.17, 15) is 0 Å². The summed E-state index contributed by atoms with van der Waals surface area (Å²) in [7, 11) is 4.32. The highest BCUT2D eigenvalue weighted by molar-refractivity contribution is 5.13. The Hall–Kier alpha value is -0.950. The molecule has 2 aliphatic rings. The molecule has 2 saturated heterocycles. The Labute approximate surface area is 159 Å². The van der Waals surface area contributed by atoms with E-state index in [0.717, 1.165) is 45.9 Å². The number of hydrogen-bond acceptors (Lipinski definition) is 5. The van der Waals surface area contributed by atoms with Crippen LogP contribution in [0.5, 0.6) is 0 Å². The highest BCUT2D eigenvalue weighted by atomic mass is 16.5. The molecule has 0 radical (unpaired) electrons. The summed E-state index contributed by atoms with van der Waals surface area (Å²) >= 11 is 0. The van der Waals surface area contributed by atoms with Crippen molar-refractivity contribution in [3.8, 4) is 0 Å². The summed E-state index contributed by atoms with van der Waals surface area (Å²) in [6.45, 7) is 13.2. The molecule has 1 aromatic rings. The van der Waals surface area contributed by atoms with Gasteiger partial charge in [0.1, 0.15) is 0 Å². The summed E-state index contributed by atoms with van der Waals surface area (Å²) in [5.74, 6) is 0.671. The van der Waals surface area contributed by atoms with E-state index in [4.69, 9.17) is 4.74 Å². The molecule has 6 nitrogen and oxygen atoms in total. The van der Waals surface area contributed by atoms with Gasteiger partial charge in [0.05, 0.1) is 19.4 Å². The molecule has 0 aliphatic carbocycles. The maximum absolute atomic E-state index is 5.48. The van der Waals surface area contributed by atoms with Crippen molar-refractivity contribution in [3.05, 3.63) is 18.0 Å². The van der Waals surface area contributed by atoms with Gasteiger partial charge in [0.15, 0.2) is 0 Å². The zero-order chi connectivity index (χ0) is 18.5. The molecule has 2 fully saturated rings. The molecule has 0 N–H and O–H groups in total. The number of ether oxygens (including phenoxy) is 1. The van der Waals surface area contributed by atoms with Gasteiger partial charge in [0.2, 0.25) is 0 Å². The van der Waals surface area contributed by atoms with Crippen LogP contribution in [-0.2, 0) is 11.8 Å². The molecular weight excluding hydrogens is 326 g/mol. The quantitative estimate of drug-likeness (QED) is 0.739. The van der Waals surface area contributed by atoms with Crippen molar-refractivity contribution in [1.82, 2.24) is 24.5 Å². The summed E-state index contributed by atoms with van der Waals surface area (Å²) < 4.78 is 7.43. The highest BCUT2D eigenvalue weighted by Crippen LogP contribution is 2.36. The highest BCUT2D eigenvalue weighted by Gasteiger charge is 2.34. The third kappa shape index (κ3) is 4.85. The lowest BCUT2D eigenvalue weighted by Crippen LogP contribution is -2.48. The number of likely N-dealkylation sites (N-methyl/N-ethyl adjacent to an activating group) is 1. The van der Waals surface area contributed by atoms with Gasteiger partial charge in [0, 0.05) is 57.1 Å². The molecular formula is C20H37N5O. The van der Waals surface area contributed by atoms with Gasteiger partial charge in [-0.05, 0) is 45.8 Å². The molecule has 148 valence electrons. The van der Waals surface area contributed by atoms with Crippen molar-refractivity contribution in [1.29, 1.82) is 0 Å². The van der Waals surface area contributed by atoms with Crippen molar-refractivity contribution in [2.75, 3.05) is 59.5 Å². The van der Waals surface area contributed by atoms with Crippen LogP contribution >= 0.6 is 0 Å². The maximum atomic E-state index is 5.48. The standard InChI is InChI=1S/C20H37N5O/c1-5-25-8-6-7-18(20(25)19-13-21-23(4)16-19)15-22(3)17(2)14-24-9-11-26-12-10-24/h13,16-18,20H,5-12,14-15H2,1-4H3/t17-,18-,20+/m0/s1. The second kappa shape index (κ2) is 9.31. The van der Waals surface area contributed by atoms with E-state index < -0.39 is 0 Å². The largest absolute Gasteiger partial charge is 0.379 e.